The molecule has 0 unspecified atom stereocenters. The van der Waals surface area contributed by atoms with Crippen LogP contribution in [0.1, 0.15) is 27.6 Å². The third-order valence-electron chi connectivity index (χ3n) is 4.79. The number of rotatable bonds is 6. The van der Waals surface area contributed by atoms with Gasteiger partial charge in [0.1, 0.15) is 22.8 Å². The van der Waals surface area contributed by atoms with Gasteiger partial charge in [0, 0.05) is 21.1 Å². The molecule has 0 spiro atoms. The fourth-order valence-electron chi connectivity index (χ4n) is 3.21. The highest BCUT2D eigenvalue weighted by molar-refractivity contribution is 7.98. The van der Waals surface area contributed by atoms with Crippen molar-refractivity contribution in [1.82, 2.24) is 9.97 Å². The molecule has 0 saturated carbocycles. The number of aromatic nitrogens is 2. The van der Waals surface area contributed by atoms with Gasteiger partial charge in [0.25, 0.3) is 0 Å². The first-order valence-electron chi connectivity index (χ1n) is 9.59. The molecule has 1 N–H and O–H groups in total. The van der Waals surface area contributed by atoms with E-state index in [1.54, 1.807) is 13.0 Å². The van der Waals surface area contributed by atoms with Crippen LogP contribution in [-0.2, 0) is 23.1 Å². The number of thiazole rings is 1. The van der Waals surface area contributed by atoms with Gasteiger partial charge in [0.15, 0.2) is 5.58 Å². The standard InChI is InChI=1S/C22H16F4N2O3S2/c1-10-5-13(7-16-20(10)28-18(31-16)8-19(29)30)32-9-17-11(2)27-21(33-17)12-3-4-14(15(23)6-12)22(24,25)26/h3-7H,8-9H2,1-2H3,(H,29,30). The van der Waals surface area contributed by atoms with Gasteiger partial charge in [-0.25, -0.2) is 14.4 Å². The van der Waals surface area contributed by atoms with Crippen LogP contribution in [0.15, 0.2) is 39.6 Å². The van der Waals surface area contributed by atoms with Gasteiger partial charge in [0.2, 0.25) is 5.89 Å². The van der Waals surface area contributed by atoms with Crippen molar-refractivity contribution in [2.45, 2.75) is 37.1 Å². The van der Waals surface area contributed by atoms with Gasteiger partial charge in [-0.15, -0.1) is 23.1 Å². The third-order valence-corrected chi connectivity index (χ3v) is 7.18. The molecule has 0 atom stereocenters. The second-order valence-electron chi connectivity index (χ2n) is 7.27. The number of carboxylic acids is 1. The Morgan fingerprint density at radius 1 is 1.18 bits per heavy atom. The molecule has 0 bridgehead atoms. The Kier molecular flexibility index (Phi) is 6.19. The number of hydrogen-bond donors (Lipinski definition) is 1. The maximum atomic E-state index is 14.0. The van der Waals surface area contributed by atoms with Crippen LogP contribution in [0.2, 0.25) is 0 Å². The minimum atomic E-state index is -4.75. The summed E-state index contributed by atoms with van der Waals surface area (Å²) < 4.78 is 57.9. The number of aryl methyl sites for hydroxylation is 2. The van der Waals surface area contributed by atoms with E-state index in [0.717, 1.165) is 27.5 Å². The molecule has 0 aliphatic carbocycles. The summed E-state index contributed by atoms with van der Waals surface area (Å²) in [4.78, 5) is 21.3. The molecule has 4 rings (SSSR count). The summed E-state index contributed by atoms with van der Waals surface area (Å²) in [5, 5.41) is 9.36. The number of oxazole rings is 1. The highest BCUT2D eigenvalue weighted by atomic mass is 32.2. The van der Waals surface area contributed by atoms with Crippen LogP contribution < -0.4 is 0 Å². The first-order valence-corrected chi connectivity index (χ1v) is 11.4. The van der Waals surface area contributed by atoms with E-state index in [-0.39, 0.29) is 17.9 Å². The molecule has 2 aromatic heterocycles. The number of benzene rings is 2. The van der Waals surface area contributed by atoms with Crippen molar-refractivity contribution < 1.29 is 31.9 Å². The first-order chi connectivity index (χ1) is 15.5. The van der Waals surface area contributed by atoms with E-state index in [4.69, 9.17) is 9.52 Å². The van der Waals surface area contributed by atoms with Gasteiger partial charge < -0.3 is 9.52 Å². The zero-order valence-corrected chi connectivity index (χ0v) is 18.9. The van der Waals surface area contributed by atoms with Crippen molar-refractivity contribution in [3.05, 3.63) is 63.7 Å². The van der Waals surface area contributed by atoms with Crippen LogP contribution in [0.4, 0.5) is 17.6 Å². The Balaban J connectivity index is 1.53. The lowest BCUT2D eigenvalue weighted by Crippen LogP contribution is -2.07. The highest BCUT2D eigenvalue weighted by Crippen LogP contribution is 2.37. The van der Waals surface area contributed by atoms with Crippen molar-refractivity contribution in [2.24, 2.45) is 0 Å². The molecular formula is C22H16F4N2O3S2. The first kappa shape index (κ1) is 23.2. The lowest BCUT2D eigenvalue weighted by molar-refractivity contribution is -0.140. The van der Waals surface area contributed by atoms with E-state index in [0.29, 0.717) is 27.6 Å². The number of aliphatic carboxylic acids is 1. The molecule has 0 fully saturated rings. The summed E-state index contributed by atoms with van der Waals surface area (Å²) in [5.74, 6) is -1.69. The molecule has 0 amide bonds. The molecule has 4 aromatic rings. The minimum Gasteiger partial charge on any atom is -0.481 e. The Bertz CT molecular complexity index is 1360. The summed E-state index contributed by atoms with van der Waals surface area (Å²) >= 11 is 2.79. The van der Waals surface area contributed by atoms with E-state index in [1.165, 1.54) is 29.2 Å². The maximum absolute atomic E-state index is 14.0. The van der Waals surface area contributed by atoms with Gasteiger partial charge in [-0.05, 0) is 43.7 Å². The summed E-state index contributed by atoms with van der Waals surface area (Å²) in [6.07, 6.45) is -5.05. The van der Waals surface area contributed by atoms with E-state index in [9.17, 15) is 22.4 Å². The zero-order valence-electron chi connectivity index (χ0n) is 17.3. The molecule has 2 aromatic carbocycles. The molecule has 2 heterocycles. The topological polar surface area (TPSA) is 76.2 Å². The lowest BCUT2D eigenvalue weighted by Gasteiger charge is -2.08. The molecule has 0 aliphatic heterocycles. The SMILES string of the molecule is Cc1nc(-c2ccc(C(F)(F)F)c(F)c2)sc1CSc1cc(C)c2nc(CC(=O)O)oc2c1. The molecule has 11 heteroatoms. The lowest BCUT2D eigenvalue weighted by atomic mass is 10.1. The number of hydrogen-bond acceptors (Lipinski definition) is 6. The van der Waals surface area contributed by atoms with Crippen molar-refractivity contribution in [3.63, 3.8) is 0 Å². The fourth-order valence-corrected chi connectivity index (χ4v) is 5.44. The largest absolute Gasteiger partial charge is 0.481 e. The Labute approximate surface area is 193 Å². The van der Waals surface area contributed by atoms with Gasteiger partial charge in [-0.3, -0.25) is 4.79 Å². The number of nitrogens with zero attached hydrogens (tertiary/aromatic N) is 2. The summed E-state index contributed by atoms with van der Waals surface area (Å²) in [7, 11) is 0. The van der Waals surface area contributed by atoms with Crippen LogP contribution in [0, 0.1) is 19.7 Å². The summed E-state index contributed by atoms with van der Waals surface area (Å²) in [5.41, 5.74) is 1.64. The van der Waals surface area contributed by atoms with Gasteiger partial charge in [-0.2, -0.15) is 13.2 Å². The predicted molar refractivity (Wildman–Crippen MR) is 117 cm³/mol. The molecule has 0 radical (unpaired) electrons. The molecule has 0 aliphatic rings. The number of carbonyl (C=O) groups is 1. The van der Waals surface area contributed by atoms with Gasteiger partial charge >= 0.3 is 12.1 Å². The van der Waals surface area contributed by atoms with Crippen LogP contribution in [0.25, 0.3) is 21.7 Å². The maximum Gasteiger partial charge on any atom is 0.419 e. The van der Waals surface area contributed by atoms with Crippen LogP contribution in [0.3, 0.4) is 0 Å². The minimum absolute atomic E-state index is 0.134. The monoisotopic (exact) mass is 496 g/mol. The molecule has 172 valence electrons. The predicted octanol–water partition coefficient (Wildman–Crippen LogP) is 6.65. The van der Waals surface area contributed by atoms with Crippen molar-refractivity contribution in [2.75, 3.05) is 0 Å². The Hall–Kier alpha value is -2.92. The quantitative estimate of drug-likeness (QED) is 0.238. The van der Waals surface area contributed by atoms with Crippen LogP contribution >= 0.6 is 23.1 Å². The fraction of sp³-hybridized carbons (Fsp3) is 0.227. The number of halogens is 4. The average molecular weight is 497 g/mol. The number of thioether (sulfide) groups is 1. The highest BCUT2D eigenvalue weighted by Gasteiger charge is 2.34. The van der Waals surface area contributed by atoms with E-state index in [2.05, 4.69) is 9.97 Å². The third kappa shape index (κ3) is 5.03. The number of fused-ring (bicyclic) bond motifs is 1. The van der Waals surface area contributed by atoms with Crippen molar-refractivity contribution in [1.29, 1.82) is 0 Å². The second kappa shape index (κ2) is 8.79. The summed E-state index contributed by atoms with van der Waals surface area (Å²) in [6, 6.07) is 6.51. The Morgan fingerprint density at radius 2 is 1.94 bits per heavy atom. The van der Waals surface area contributed by atoms with Crippen molar-refractivity contribution in [3.8, 4) is 10.6 Å². The molecular weight excluding hydrogens is 480 g/mol. The van der Waals surface area contributed by atoms with Gasteiger partial charge in [-0.1, -0.05) is 6.07 Å². The average Bonchev–Trinajstić information content (AvgIpc) is 3.28. The van der Waals surface area contributed by atoms with E-state index >= 15 is 0 Å². The molecule has 33 heavy (non-hydrogen) atoms. The zero-order chi connectivity index (χ0) is 23.9. The Morgan fingerprint density at radius 3 is 2.61 bits per heavy atom. The molecule has 5 nitrogen and oxygen atoms in total. The van der Waals surface area contributed by atoms with Crippen LogP contribution in [0.5, 0.6) is 0 Å². The number of carboxylic acid groups (broad SMARTS) is 1. The summed E-state index contributed by atoms with van der Waals surface area (Å²) in [6.45, 7) is 3.65. The van der Waals surface area contributed by atoms with Gasteiger partial charge in [0.05, 0.1) is 11.3 Å². The number of alkyl halides is 3. The second-order valence-corrected chi connectivity index (χ2v) is 9.41. The smallest absolute Gasteiger partial charge is 0.419 e. The van der Waals surface area contributed by atoms with Crippen LogP contribution in [-0.4, -0.2) is 21.0 Å². The molecule has 0 saturated heterocycles. The van der Waals surface area contributed by atoms with E-state index < -0.39 is 23.5 Å². The normalized spacial score (nSPS) is 11.9. The van der Waals surface area contributed by atoms with E-state index in [1.807, 2.05) is 13.0 Å². The van der Waals surface area contributed by atoms with Crippen molar-refractivity contribution >= 4 is 40.2 Å².